The van der Waals surface area contributed by atoms with Gasteiger partial charge in [-0.05, 0) is 52.4 Å². The Balaban J connectivity index is 2.17. The van der Waals surface area contributed by atoms with Crippen LogP contribution in [0.3, 0.4) is 0 Å². The van der Waals surface area contributed by atoms with E-state index in [2.05, 4.69) is 10.9 Å². The lowest BCUT2D eigenvalue weighted by molar-refractivity contribution is 0.0476. The van der Waals surface area contributed by atoms with Gasteiger partial charge < -0.3 is 9.84 Å². The highest BCUT2D eigenvalue weighted by Gasteiger charge is 2.21. The van der Waals surface area contributed by atoms with Crippen LogP contribution in [0.15, 0.2) is 0 Å². The molecule has 0 atom stereocenters. The molecule has 1 rings (SSSR count). The minimum atomic E-state index is -0.472. The number of aliphatic hydroxyl groups excluding tert-OH is 1. The van der Waals surface area contributed by atoms with Gasteiger partial charge in [0.25, 0.3) is 0 Å². The first-order chi connectivity index (χ1) is 7.90. The molecule has 0 saturated heterocycles. The van der Waals surface area contributed by atoms with Gasteiger partial charge in [-0.15, -0.1) is 0 Å². The molecule has 0 radical (unpaired) electrons. The molecule has 0 aliphatic heterocycles. The number of carbonyl (C=O) groups is 1. The van der Waals surface area contributed by atoms with Gasteiger partial charge in [0.05, 0.1) is 0 Å². The standard InChI is InChI=1S/C12H24N2O3/c1-12(2,3)17-11(16)14-13-10-6-4-9(8-15)5-7-10/h9-10,13,15H,4-8H2,1-3H3,(H,14,16). The van der Waals surface area contributed by atoms with E-state index in [0.29, 0.717) is 5.92 Å². The number of hydrazine groups is 1. The molecule has 100 valence electrons. The molecule has 0 spiro atoms. The van der Waals surface area contributed by atoms with Crippen molar-refractivity contribution in [2.24, 2.45) is 5.92 Å². The summed E-state index contributed by atoms with van der Waals surface area (Å²) in [7, 11) is 0. The van der Waals surface area contributed by atoms with E-state index >= 15 is 0 Å². The van der Waals surface area contributed by atoms with Gasteiger partial charge in [0.15, 0.2) is 0 Å². The smallest absolute Gasteiger partial charge is 0.422 e. The van der Waals surface area contributed by atoms with Crippen LogP contribution in [0.4, 0.5) is 4.79 Å². The molecule has 0 bridgehead atoms. The molecule has 0 aromatic heterocycles. The summed E-state index contributed by atoms with van der Waals surface area (Å²) in [6.45, 7) is 5.77. The van der Waals surface area contributed by atoms with Crippen molar-refractivity contribution in [2.75, 3.05) is 6.61 Å². The summed E-state index contributed by atoms with van der Waals surface area (Å²) >= 11 is 0. The SMILES string of the molecule is CC(C)(C)OC(=O)NNC1CCC(CO)CC1. The summed E-state index contributed by atoms with van der Waals surface area (Å²) in [6.07, 6.45) is 3.51. The number of nitrogens with one attached hydrogen (secondary N) is 2. The molecule has 1 aliphatic carbocycles. The van der Waals surface area contributed by atoms with E-state index in [1.807, 2.05) is 20.8 Å². The van der Waals surface area contributed by atoms with Crippen molar-refractivity contribution in [1.29, 1.82) is 0 Å². The molecule has 0 aromatic carbocycles. The lowest BCUT2D eigenvalue weighted by Gasteiger charge is -2.28. The van der Waals surface area contributed by atoms with Crippen LogP contribution in [0.2, 0.25) is 0 Å². The highest BCUT2D eigenvalue weighted by molar-refractivity contribution is 5.67. The van der Waals surface area contributed by atoms with Crippen LogP contribution in [0.1, 0.15) is 46.5 Å². The van der Waals surface area contributed by atoms with Gasteiger partial charge >= 0.3 is 6.09 Å². The van der Waals surface area contributed by atoms with Crippen molar-refractivity contribution in [3.8, 4) is 0 Å². The predicted octanol–water partition coefficient (Wildman–Crippen LogP) is 1.57. The normalized spacial score (nSPS) is 25.4. The zero-order valence-corrected chi connectivity index (χ0v) is 11.0. The Labute approximate surface area is 103 Å². The average molecular weight is 244 g/mol. The van der Waals surface area contributed by atoms with E-state index in [4.69, 9.17) is 9.84 Å². The molecule has 1 aliphatic rings. The second kappa shape index (κ2) is 6.21. The summed E-state index contributed by atoms with van der Waals surface area (Å²) in [6, 6.07) is 0.283. The van der Waals surface area contributed by atoms with Gasteiger partial charge in [-0.3, -0.25) is 5.43 Å². The predicted molar refractivity (Wildman–Crippen MR) is 65.3 cm³/mol. The van der Waals surface area contributed by atoms with Crippen LogP contribution in [0, 0.1) is 5.92 Å². The van der Waals surface area contributed by atoms with E-state index in [0.717, 1.165) is 25.7 Å². The molecule has 3 N–H and O–H groups in total. The average Bonchev–Trinajstić information content (AvgIpc) is 2.25. The summed E-state index contributed by atoms with van der Waals surface area (Å²) in [5.74, 6) is 0.426. The first-order valence-electron chi connectivity index (χ1n) is 6.26. The fraction of sp³-hybridized carbons (Fsp3) is 0.917. The maximum atomic E-state index is 11.4. The molecule has 1 saturated carbocycles. The summed E-state index contributed by atoms with van der Waals surface area (Å²) in [5.41, 5.74) is 5.08. The number of amides is 1. The molecular weight excluding hydrogens is 220 g/mol. The quantitative estimate of drug-likeness (QED) is 0.659. The Morgan fingerprint density at radius 1 is 1.29 bits per heavy atom. The highest BCUT2D eigenvalue weighted by atomic mass is 16.6. The Bertz CT molecular complexity index is 243. The molecule has 0 heterocycles. The first-order valence-corrected chi connectivity index (χ1v) is 6.26. The van der Waals surface area contributed by atoms with Crippen LogP contribution in [-0.4, -0.2) is 29.4 Å². The van der Waals surface area contributed by atoms with Crippen molar-refractivity contribution >= 4 is 6.09 Å². The number of rotatable bonds is 3. The third-order valence-electron chi connectivity index (χ3n) is 2.88. The third kappa shape index (κ3) is 5.89. The monoisotopic (exact) mass is 244 g/mol. The molecule has 5 nitrogen and oxygen atoms in total. The Morgan fingerprint density at radius 2 is 1.88 bits per heavy atom. The Hall–Kier alpha value is -0.810. The summed E-state index contributed by atoms with van der Waals surface area (Å²) in [5, 5.41) is 9.01. The van der Waals surface area contributed by atoms with E-state index in [9.17, 15) is 4.79 Å². The van der Waals surface area contributed by atoms with Crippen molar-refractivity contribution < 1.29 is 14.6 Å². The number of hydrogen-bond acceptors (Lipinski definition) is 4. The Kier molecular flexibility index (Phi) is 5.21. The number of hydrogen-bond donors (Lipinski definition) is 3. The molecule has 1 amide bonds. The van der Waals surface area contributed by atoms with E-state index in [1.54, 1.807) is 0 Å². The first kappa shape index (κ1) is 14.3. The largest absolute Gasteiger partial charge is 0.443 e. The zero-order valence-electron chi connectivity index (χ0n) is 11.0. The van der Waals surface area contributed by atoms with Crippen molar-refractivity contribution in [3.63, 3.8) is 0 Å². The second-order valence-electron chi connectivity index (χ2n) is 5.67. The van der Waals surface area contributed by atoms with E-state index in [-0.39, 0.29) is 12.6 Å². The van der Waals surface area contributed by atoms with Gasteiger partial charge in [-0.1, -0.05) is 0 Å². The minimum Gasteiger partial charge on any atom is -0.443 e. The fourth-order valence-electron chi connectivity index (χ4n) is 1.95. The molecule has 0 unspecified atom stereocenters. The van der Waals surface area contributed by atoms with Crippen molar-refractivity contribution in [2.45, 2.75) is 58.1 Å². The van der Waals surface area contributed by atoms with Gasteiger partial charge in [-0.25, -0.2) is 10.2 Å². The zero-order chi connectivity index (χ0) is 12.9. The topological polar surface area (TPSA) is 70.6 Å². The highest BCUT2D eigenvalue weighted by Crippen LogP contribution is 2.23. The van der Waals surface area contributed by atoms with Crippen molar-refractivity contribution in [1.82, 2.24) is 10.9 Å². The van der Waals surface area contributed by atoms with Crippen LogP contribution in [0.25, 0.3) is 0 Å². The maximum Gasteiger partial charge on any atom is 0.422 e. The number of aliphatic hydroxyl groups is 1. The fourth-order valence-corrected chi connectivity index (χ4v) is 1.95. The second-order valence-corrected chi connectivity index (χ2v) is 5.67. The van der Waals surface area contributed by atoms with Crippen molar-refractivity contribution in [3.05, 3.63) is 0 Å². The summed E-state index contributed by atoms with van der Waals surface area (Å²) < 4.78 is 5.12. The lowest BCUT2D eigenvalue weighted by Crippen LogP contribution is -2.47. The lowest BCUT2D eigenvalue weighted by atomic mass is 9.87. The van der Waals surface area contributed by atoms with Gasteiger partial charge in [0.1, 0.15) is 5.60 Å². The molecule has 1 fully saturated rings. The number of ether oxygens (including phenoxy) is 1. The minimum absolute atomic E-state index is 0.270. The van der Waals surface area contributed by atoms with E-state index < -0.39 is 11.7 Å². The van der Waals surface area contributed by atoms with Gasteiger partial charge in [0.2, 0.25) is 0 Å². The molecule has 17 heavy (non-hydrogen) atoms. The van der Waals surface area contributed by atoms with Gasteiger partial charge in [0, 0.05) is 12.6 Å². The molecular formula is C12H24N2O3. The molecule has 5 heteroatoms. The van der Waals surface area contributed by atoms with Gasteiger partial charge in [-0.2, -0.15) is 0 Å². The van der Waals surface area contributed by atoms with Crippen LogP contribution in [0.5, 0.6) is 0 Å². The maximum absolute atomic E-state index is 11.4. The third-order valence-corrected chi connectivity index (χ3v) is 2.88. The molecule has 0 aromatic rings. The summed E-state index contributed by atoms with van der Waals surface area (Å²) in [4.78, 5) is 11.4. The van der Waals surface area contributed by atoms with E-state index in [1.165, 1.54) is 0 Å². The van der Waals surface area contributed by atoms with Crippen LogP contribution in [-0.2, 0) is 4.74 Å². The number of carbonyl (C=O) groups excluding carboxylic acids is 1. The van der Waals surface area contributed by atoms with Crippen LogP contribution >= 0.6 is 0 Å². The Morgan fingerprint density at radius 3 is 2.35 bits per heavy atom. The van der Waals surface area contributed by atoms with Crippen LogP contribution < -0.4 is 10.9 Å².